The van der Waals surface area contributed by atoms with Crippen LogP contribution in [0.25, 0.3) is 22.6 Å². The van der Waals surface area contributed by atoms with Crippen LogP contribution in [0.1, 0.15) is 39.5 Å². The molecule has 2 heterocycles. The van der Waals surface area contributed by atoms with E-state index >= 15 is 0 Å². The molecule has 0 spiro atoms. The lowest BCUT2D eigenvalue weighted by molar-refractivity contribution is 0.310. The monoisotopic (exact) mass is 313 g/mol. The van der Waals surface area contributed by atoms with Crippen molar-refractivity contribution < 1.29 is 4.63 Å². The van der Waals surface area contributed by atoms with E-state index < -0.39 is 0 Å². The van der Waals surface area contributed by atoms with Gasteiger partial charge in [0.2, 0.25) is 0 Å². The number of anilines is 1. The van der Waals surface area contributed by atoms with Crippen molar-refractivity contribution in [1.82, 2.24) is 19.9 Å². The van der Waals surface area contributed by atoms with Crippen molar-refractivity contribution in [2.45, 2.75) is 46.1 Å². The van der Waals surface area contributed by atoms with E-state index in [0.29, 0.717) is 11.6 Å². The summed E-state index contributed by atoms with van der Waals surface area (Å²) in [6.45, 7) is 5.37. The number of fused-ring (bicyclic) bond motifs is 1. The predicted octanol–water partition coefficient (Wildman–Crippen LogP) is 3.88. The van der Waals surface area contributed by atoms with E-state index in [1.54, 1.807) is 0 Å². The lowest BCUT2D eigenvalue weighted by Crippen LogP contribution is -2.12. The second-order valence-corrected chi connectivity index (χ2v) is 5.95. The molecule has 0 bridgehead atoms. The minimum absolute atomic E-state index is 0.281. The Labute approximate surface area is 135 Å². The molecule has 1 atom stereocenters. The summed E-state index contributed by atoms with van der Waals surface area (Å²) in [4.78, 5) is 4.70. The normalized spacial score (nSPS) is 12.8. The van der Waals surface area contributed by atoms with Crippen LogP contribution in [0.3, 0.4) is 0 Å². The highest BCUT2D eigenvalue weighted by molar-refractivity contribution is 5.81. The highest BCUT2D eigenvalue weighted by Gasteiger charge is 2.20. The lowest BCUT2D eigenvalue weighted by Gasteiger charge is -2.17. The van der Waals surface area contributed by atoms with Crippen molar-refractivity contribution in [2.24, 2.45) is 5.92 Å². The standard InChI is InChI=1S/C17H23N5O/c1-3-5-8-12(4-2)11-22-14-10-7-6-9-13(14)19-17(22)15-16(18)21-23-20-15/h6-7,9-10,12H,3-5,8,11H2,1-2H3,(H2,18,21). The third-order valence-electron chi connectivity index (χ3n) is 4.36. The molecule has 3 rings (SSSR count). The topological polar surface area (TPSA) is 82.8 Å². The number of hydrogen-bond acceptors (Lipinski definition) is 5. The van der Waals surface area contributed by atoms with Crippen molar-refractivity contribution in [3.63, 3.8) is 0 Å². The number of nitrogens with two attached hydrogens (primary N) is 1. The van der Waals surface area contributed by atoms with Crippen molar-refractivity contribution in [1.29, 1.82) is 0 Å². The van der Waals surface area contributed by atoms with Gasteiger partial charge in [0.15, 0.2) is 17.3 Å². The number of rotatable bonds is 7. The maximum absolute atomic E-state index is 5.89. The minimum Gasteiger partial charge on any atom is -0.379 e. The third kappa shape index (κ3) is 3.06. The van der Waals surface area contributed by atoms with Crippen molar-refractivity contribution in [3.05, 3.63) is 24.3 Å². The average molecular weight is 313 g/mol. The first-order valence-corrected chi connectivity index (χ1v) is 8.28. The SMILES string of the molecule is CCCCC(CC)Cn1c(-c2nonc2N)nc2ccccc21. The molecule has 6 nitrogen and oxygen atoms in total. The average Bonchev–Trinajstić information content (AvgIpc) is 3.14. The Hall–Kier alpha value is -2.37. The summed E-state index contributed by atoms with van der Waals surface area (Å²) >= 11 is 0. The first-order valence-electron chi connectivity index (χ1n) is 8.28. The summed E-state index contributed by atoms with van der Waals surface area (Å²) in [5, 5.41) is 7.63. The fraction of sp³-hybridized carbons (Fsp3) is 0.471. The molecular weight excluding hydrogens is 290 g/mol. The molecule has 1 aromatic carbocycles. The molecule has 3 aromatic rings. The number of benzene rings is 1. The summed E-state index contributed by atoms with van der Waals surface area (Å²) in [7, 11) is 0. The van der Waals surface area contributed by atoms with Gasteiger partial charge in [-0.25, -0.2) is 9.61 Å². The van der Waals surface area contributed by atoms with E-state index in [1.165, 1.54) is 19.3 Å². The smallest absolute Gasteiger partial charge is 0.199 e. The molecule has 0 radical (unpaired) electrons. The zero-order valence-corrected chi connectivity index (χ0v) is 13.7. The van der Waals surface area contributed by atoms with Gasteiger partial charge in [-0.15, -0.1) is 0 Å². The van der Waals surface area contributed by atoms with Crippen molar-refractivity contribution in [3.8, 4) is 11.5 Å². The Kier molecular flexibility index (Phi) is 4.60. The van der Waals surface area contributed by atoms with E-state index in [1.807, 2.05) is 18.2 Å². The molecule has 0 saturated heterocycles. The number of para-hydroxylation sites is 2. The maximum Gasteiger partial charge on any atom is 0.199 e. The molecule has 1 unspecified atom stereocenters. The van der Waals surface area contributed by atoms with Crippen LogP contribution in [-0.4, -0.2) is 19.9 Å². The Morgan fingerprint density at radius 1 is 1.22 bits per heavy atom. The molecule has 0 saturated carbocycles. The first kappa shape index (κ1) is 15.5. The van der Waals surface area contributed by atoms with Gasteiger partial charge in [-0.05, 0) is 34.8 Å². The van der Waals surface area contributed by atoms with Gasteiger partial charge in [0.1, 0.15) is 0 Å². The quantitative estimate of drug-likeness (QED) is 0.715. The van der Waals surface area contributed by atoms with Crippen molar-refractivity contribution >= 4 is 16.9 Å². The summed E-state index contributed by atoms with van der Waals surface area (Å²) in [6, 6.07) is 8.11. The van der Waals surface area contributed by atoms with Gasteiger partial charge in [-0.2, -0.15) is 0 Å². The molecule has 2 aromatic heterocycles. The van der Waals surface area contributed by atoms with Crippen LogP contribution >= 0.6 is 0 Å². The molecule has 6 heteroatoms. The van der Waals surface area contributed by atoms with Gasteiger partial charge < -0.3 is 10.3 Å². The van der Waals surface area contributed by atoms with Crippen LogP contribution in [-0.2, 0) is 6.54 Å². The van der Waals surface area contributed by atoms with Gasteiger partial charge in [0, 0.05) is 6.54 Å². The van der Waals surface area contributed by atoms with Crippen LogP contribution in [0.2, 0.25) is 0 Å². The second-order valence-electron chi connectivity index (χ2n) is 5.95. The van der Waals surface area contributed by atoms with Gasteiger partial charge >= 0.3 is 0 Å². The fourth-order valence-electron chi connectivity index (χ4n) is 2.97. The van der Waals surface area contributed by atoms with E-state index in [-0.39, 0.29) is 5.82 Å². The van der Waals surface area contributed by atoms with E-state index in [0.717, 1.165) is 29.8 Å². The lowest BCUT2D eigenvalue weighted by atomic mass is 9.99. The largest absolute Gasteiger partial charge is 0.379 e. The molecule has 0 aliphatic carbocycles. The number of aromatic nitrogens is 4. The summed E-state index contributed by atoms with van der Waals surface area (Å²) < 4.78 is 6.97. The number of hydrogen-bond donors (Lipinski definition) is 1. The number of nitrogens with zero attached hydrogens (tertiary/aromatic N) is 4. The van der Waals surface area contributed by atoms with Crippen LogP contribution in [0.15, 0.2) is 28.9 Å². The molecule has 0 amide bonds. The highest BCUT2D eigenvalue weighted by Crippen LogP contribution is 2.28. The van der Waals surface area contributed by atoms with Crippen LogP contribution < -0.4 is 5.73 Å². The van der Waals surface area contributed by atoms with E-state index in [2.05, 4.69) is 34.8 Å². The molecule has 0 fully saturated rings. The Morgan fingerprint density at radius 2 is 2.04 bits per heavy atom. The fourth-order valence-corrected chi connectivity index (χ4v) is 2.97. The summed E-state index contributed by atoms with van der Waals surface area (Å²) in [6.07, 6.45) is 4.81. The van der Waals surface area contributed by atoms with Crippen LogP contribution in [0.5, 0.6) is 0 Å². The summed E-state index contributed by atoms with van der Waals surface area (Å²) in [5.74, 6) is 1.62. The molecule has 23 heavy (non-hydrogen) atoms. The van der Waals surface area contributed by atoms with Crippen LogP contribution in [0.4, 0.5) is 5.82 Å². The third-order valence-corrected chi connectivity index (χ3v) is 4.36. The van der Waals surface area contributed by atoms with Crippen LogP contribution in [0, 0.1) is 5.92 Å². The zero-order valence-electron chi connectivity index (χ0n) is 13.7. The molecule has 122 valence electrons. The highest BCUT2D eigenvalue weighted by atomic mass is 16.6. The maximum atomic E-state index is 5.89. The number of unbranched alkanes of at least 4 members (excludes halogenated alkanes) is 1. The first-order chi connectivity index (χ1) is 11.2. The van der Waals surface area contributed by atoms with Gasteiger partial charge in [-0.1, -0.05) is 45.2 Å². The number of imidazole rings is 1. The van der Waals surface area contributed by atoms with Crippen molar-refractivity contribution in [2.75, 3.05) is 5.73 Å². The Balaban J connectivity index is 2.04. The molecular formula is C17H23N5O. The van der Waals surface area contributed by atoms with E-state index in [4.69, 9.17) is 15.3 Å². The Morgan fingerprint density at radius 3 is 2.74 bits per heavy atom. The molecule has 0 aliphatic heterocycles. The molecule has 0 aliphatic rings. The van der Waals surface area contributed by atoms with E-state index in [9.17, 15) is 0 Å². The zero-order chi connectivity index (χ0) is 16.2. The molecule has 2 N–H and O–H groups in total. The summed E-state index contributed by atoms with van der Waals surface area (Å²) in [5.41, 5.74) is 8.44. The van der Waals surface area contributed by atoms with Gasteiger partial charge in [-0.3, -0.25) is 0 Å². The Bertz CT molecular complexity index is 776. The predicted molar refractivity (Wildman–Crippen MR) is 90.7 cm³/mol. The minimum atomic E-state index is 0.281. The van der Waals surface area contributed by atoms with Gasteiger partial charge in [0.25, 0.3) is 0 Å². The number of nitrogen functional groups attached to an aromatic ring is 1. The van der Waals surface area contributed by atoms with Gasteiger partial charge in [0.05, 0.1) is 11.0 Å². The second kappa shape index (κ2) is 6.81.